The Balaban J connectivity index is 1.79. The van der Waals surface area contributed by atoms with Crippen LogP contribution in [0.3, 0.4) is 0 Å². The number of benzene rings is 1. The quantitative estimate of drug-likeness (QED) is 0.219. The molecule has 0 bridgehead atoms. The summed E-state index contributed by atoms with van der Waals surface area (Å²) < 4.78 is 84.5. The molecule has 3 aromatic heterocycles. The van der Waals surface area contributed by atoms with E-state index in [-0.39, 0.29) is 50.6 Å². The van der Waals surface area contributed by atoms with Crippen LogP contribution in [0.15, 0.2) is 42.9 Å². The van der Waals surface area contributed by atoms with Gasteiger partial charge >= 0.3 is 12.4 Å². The number of pyridine rings is 2. The summed E-state index contributed by atoms with van der Waals surface area (Å²) in [5.74, 6) is -1.74. The molecule has 0 aliphatic carbocycles. The zero-order valence-electron chi connectivity index (χ0n) is 20.0. The van der Waals surface area contributed by atoms with Gasteiger partial charge in [0.15, 0.2) is 0 Å². The molecule has 0 spiro atoms. The Morgan fingerprint density at radius 2 is 1.77 bits per heavy atom. The van der Waals surface area contributed by atoms with Gasteiger partial charge in [-0.2, -0.15) is 26.3 Å². The lowest BCUT2D eigenvalue weighted by Crippen LogP contribution is -2.26. The molecule has 4 aromatic rings. The van der Waals surface area contributed by atoms with E-state index in [2.05, 4.69) is 25.6 Å². The van der Waals surface area contributed by atoms with Crippen LogP contribution in [-0.4, -0.2) is 45.0 Å². The van der Waals surface area contributed by atoms with E-state index in [0.29, 0.717) is 10.8 Å². The number of hydrogen-bond acceptors (Lipinski definition) is 7. The van der Waals surface area contributed by atoms with Crippen LogP contribution in [0.1, 0.15) is 22.8 Å². The SMILES string of the molecule is CCOc1cc2c(cc1C(=O)Nc1cc(C(F)(F)F)ccn1)nc(Nc1c(Cl)cncc1Cl)n2OCC(F)(F)F. The molecule has 0 saturated carbocycles. The first-order valence-electron chi connectivity index (χ1n) is 11.1. The molecule has 17 heteroatoms. The van der Waals surface area contributed by atoms with Gasteiger partial charge in [-0.05, 0) is 25.1 Å². The van der Waals surface area contributed by atoms with Crippen LogP contribution in [0.5, 0.6) is 5.75 Å². The van der Waals surface area contributed by atoms with Crippen molar-refractivity contribution in [3.05, 3.63) is 64.0 Å². The summed E-state index contributed by atoms with van der Waals surface area (Å²) in [4.78, 5) is 29.8. The Bertz CT molecular complexity index is 1540. The van der Waals surface area contributed by atoms with Crippen molar-refractivity contribution in [1.82, 2.24) is 19.7 Å². The standard InChI is InChI=1S/C23H16Cl2F6N6O3/c1-2-39-17-7-16-15(6-12(17)20(38)35-18-5-11(3-4-33-18)23(29,30)31)34-21(37(16)40-10-22(26,27)28)36-19-13(24)8-32-9-14(19)25/h3-9H,2,10H2,1H3,(H,32,34,36)(H,33,35,38). The highest BCUT2D eigenvalue weighted by molar-refractivity contribution is 6.39. The summed E-state index contributed by atoms with van der Waals surface area (Å²) >= 11 is 12.2. The van der Waals surface area contributed by atoms with Crippen molar-refractivity contribution in [3.8, 4) is 5.75 Å². The first-order chi connectivity index (χ1) is 18.8. The van der Waals surface area contributed by atoms with Gasteiger partial charge in [0.1, 0.15) is 17.1 Å². The molecule has 1 amide bonds. The number of alkyl halides is 6. The van der Waals surface area contributed by atoms with E-state index in [0.717, 1.165) is 18.3 Å². The first kappa shape index (κ1) is 29.0. The minimum Gasteiger partial charge on any atom is -0.493 e. The number of carbonyl (C=O) groups excluding carboxylic acids is 1. The molecule has 0 fully saturated rings. The van der Waals surface area contributed by atoms with Crippen LogP contribution in [0.25, 0.3) is 11.0 Å². The maximum Gasteiger partial charge on any atom is 0.425 e. The molecule has 0 radical (unpaired) electrons. The summed E-state index contributed by atoms with van der Waals surface area (Å²) in [6.07, 6.45) is -6.06. The summed E-state index contributed by atoms with van der Waals surface area (Å²) in [5, 5.41) is 4.98. The third-order valence-corrected chi connectivity index (χ3v) is 5.61. The van der Waals surface area contributed by atoms with E-state index in [4.69, 9.17) is 32.8 Å². The third kappa shape index (κ3) is 6.59. The van der Waals surface area contributed by atoms with Crippen LogP contribution in [0.2, 0.25) is 10.0 Å². The molecule has 40 heavy (non-hydrogen) atoms. The van der Waals surface area contributed by atoms with Gasteiger partial charge in [0.05, 0.1) is 39.0 Å². The van der Waals surface area contributed by atoms with Gasteiger partial charge in [-0.1, -0.05) is 23.2 Å². The van der Waals surface area contributed by atoms with Gasteiger partial charge in [-0.3, -0.25) is 9.78 Å². The van der Waals surface area contributed by atoms with Crippen molar-refractivity contribution in [3.63, 3.8) is 0 Å². The average Bonchev–Trinajstić information content (AvgIpc) is 3.20. The lowest BCUT2D eigenvalue weighted by molar-refractivity contribution is -0.172. The number of hydrogen-bond donors (Lipinski definition) is 2. The first-order valence-corrected chi connectivity index (χ1v) is 11.8. The van der Waals surface area contributed by atoms with Gasteiger partial charge in [-0.15, -0.1) is 4.73 Å². The van der Waals surface area contributed by atoms with Crippen molar-refractivity contribution >= 4 is 57.6 Å². The van der Waals surface area contributed by atoms with Gasteiger partial charge in [-0.25, -0.2) is 9.97 Å². The lowest BCUT2D eigenvalue weighted by atomic mass is 10.1. The molecule has 3 heterocycles. The Hall–Kier alpha value is -3.98. The predicted molar refractivity (Wildman–Crippen MR) is 133 cm³/mol. The van der Waals surface area contributed by atoms with Gasteiger partial charge in [0.25, 0.3) is 5.91 Å². The number of rotatable bonds is 8. The molecular weight excluding hydrogens is 593 g/mol. The monoisotopic (exact) mass is 608 g/mol. The normalized spacial score (nSPS) is 11.9. The highest BCUT2D eigenvalue weighted by Crippen LogP contribution is 2.35. The second kappa shape index (κ2) is 11.3. The highest BCUT2D eigenvalue weighted by atomic mass is 35.5. The molecule has 0 unspecified atom stereocenters. The molecule has 4 rings (SSSR count). The van der Waals surface area contributed by atoms with E-state index in [1.165, 1.54) is 18.5 Å². The van der Waals surface area contributed by atoms with E-state index >= 15 is 0 Å². The van der Waals surface area contributed by atoms with Crippen LogP contribution in [0.4, 0.5) is 43.8 Å². The molecule has 2 N–H and O–H groups in total. The number of amides is 1. The van der Waals surface area contributed by atoms with E-state index in [1.54, 1.807) is 6.92 Å². The summed E-state index contributed by atoms with van der Waals surface area (Å²) in [6.45, 7) is -0.102. The Morgan fingerprint density at radius 1 is 1.07 bits per heavy atom. The van der Waals surface area contributed by atoms with E-state index in [9.17, 15) is 31.1 Å². The zero-order chi connectivity index (χ0) is 29.2. The summed E-state index contributed by atoms with van der Waals surface area (Å²) in [7, 11) is 0. The number of anilines is 3. The number of nitrogens with one attached hydrogen (secondary N) is 2. The smallest absolute Gasteiger partial charge is 0.425 e. The molecule has 9 nitrogen and oxygen atoms in total. The van der Waals surface area contributed by atoms with E-state index < -0.39 is 36.2 Å². The predicted octanol–water partition coefficient (Wildman–Crippen LogP) is 6.54. The number of halogens is 8. The fourth-order valence-electron chi connectivity index (χ4n) is 3.38. The summed E-state index contributed by atoms with van der Waals surface area (Å²) in [6, 6.07) is 3.73. The van der Waals surface area contributed by atoms with Gasteiger partial charge < -0.3 is 20.2 Å². The van der Waals surface area contributed by atoms with Crippen molar-refractivity contribution in [2.24, 2.45) is 0 Å². The van der Waals surface area contributed by atoms with Gasteiger partial charge in [0, 0.05) is 24.7 Å². The average molecular weight is 609 g/mol. The molecule has 0 aliphatic heterocycles. The maximum absolute atomic E-state index is 13.1. The number of nitrogens with zero attached hydrogens (tertiary/aromatic N) is 4. The van der Waals surface area contributed by atoms with Crippen molar-refractivity contribution in [1.29, 1.82) is 0 Å². The number of fused-ring (bicyclic) bond motifs is 1. The topological polar surface area (TPSA) is 103 Å². The van der Waals surface area contributed by atoms with Crippen molar-refractivity contribution < 1.29 is 40.7 Å². The Morgan fingerprint density at radius 3 is 2.40 bits per heavy atom. The summed E-state index contributed by atoms with van der Waals surface area (Å²) in [5.41, 5.74) is -1.27. The Labute approximate surface area is 231 Å². The zero-order valence-corrected chi connectivity index (χ0v) is 21.5. The molecular formula is C23H16Cl2F6N6O3. The van der Waals surface area contributed by atoms with Crippen LogP contribution < -0.4 is 20.2 Å². The highest BCUT2D eigenvalue weighted by Gasteiger charge is 2.32. The molecule has 1 aromatic carbocycles. The second-order valence-corrected chi connectivity index (χ2v) is 8.69. The van der Waals surface area contributed by atoms with Crippen LogP contribution >= 0.6 is 23.2 Å². The van der Waals surface area contributed by atoms with Crippen molar-refractivity contribution in [2.75, 3.05) is 23.8 Å². The number of ether oxygens (including phenoxy) is 1. The number of aromatic nitrogens is 4. The fraction of sp³-hybridized carbons (Fsp3) is 0.217. The molecule has 0 saturated heterocycles. The van der Waals surface area contributed by atoms with Crippen LogP contribution in [-0.2, 0) is 6.18 Å². The Kier molecular flexibility index (Phi) is 8.16. The maximum atomic E-state index is 13.1. The van der Waals surface area contributed by atoms with E-state index in [1.807, 2.05) is 0 Å². The number of carbonyl (C=O) groups is 1. The molecule has 212 valence electrons. The third-order valence-electron chi connectivity index (χ3n) is 5.04. The largest absolute Gasteiger partial charge is 0.493 e. The fourth-order valence-corrected chi connectivity index (χ4v) is 3.84. The lowest BCUT2D eigenvalue weighted by Gasteiger charge is -2.15. The second-order valence-electron chi connectivity index (χ2n) is 7.87. The van der Waals surface area contributed by atoms with Gasteiger partial charge in [0.2, 0.25) is 12.6 Å². The van der Waals surface area contributed by atoms with Crippen LogP contribution in [0, 0.1) is 0 Å². The molecule has 0 atom stereocenters. The minimum atomic E-state index is -4.72. The molecule has 0 aliphatic rings. The number of imidazole rings is 1. The van der Waals surface area contributed by atoms with Crippen molar-refractivity contribution in [2.45, 2.75) is 19.3 Å². The minimum absolute atomic E-state index is 0.0191.